The summed E-state index contributed by atoms with van der Waals surface area (Å²) in [5.74, 6) is 0.208. The maximum atomic E-state index is 12.4. The summed E-state index contributed by atoms with van der Waals surface area (Å²) in [4.78, 5) is 24.0. The highest BCUT2D eigenvalue weighted by Crippen LogP contribution is 2.45. The minimum absolute atomic E-state index is 0.0132. The molecule has 2 unspecified atom stereocenters. The van der Waals surface area contributed by atoms with Gasteiger partial charge in [0.25, 0.3) is 5.91 Å². The van der Waals surface area contributed by atoms with Crippen LogP contribution >= 0.6 is 0 Å². The van der Waals surface area contributed by atoms with Gasteiger partial charge in [-0.2, -0.15) is 5.10 Å². The molecule has 1 aliphatic carbocycles. The monoisotopic (exact) mass is 289 g/mol. The zero-order valence-electron chi connectivity index (χ0n) is 12.1. The van der Waals surface area contributed by atoms with Gasteiger partial charge in [0.05, 0.1) is 5.56 Å². The van der Waals surface area contributed by atoms with Gasteiger partial charge in [-0.3, -0.25) is 4.79 Å². The number of aromatic nitrogens is 3. The van der Waals surface area contributed by atoms with E-state index in [9.17, 15) is 9.59 Å². The molecule has 0 spiro atoms. The lowest BCUT2D eigenvalue weighted by Gasteiger charge is -2.52. The maximum absolute atomic E-state index is 12.4. The van der Waals surface area contributed by atoms with E-state index in [0.717, 1.165) is 6.42 Å². The van der Waals surface area contributed by atoms with Gasteiger partial charge in [0.2, 0.25) is 0 Å². The molecule has 0 radical (unpaired) electrons. The van der Waals surface area contributed by atoms with Gasteiger partial charge >= 0.3 is 5.69 Å². The van der Waals surface area contributed by atoms with Gasteiger partial charge in [-0.1, -0.05) is 13.8 Å². The van der Waals surface area contributed by atoms with E-state index >= 15 is 0 Å². The first-order valence-electron chi connectivity index (χ1n) is 7.02. The molecule has 0 aromatic carbocycles. The van der Waals surface area contributed by atoms with Gasteiger partial charge in [-0.05, 0) is 36.4 Å². The topological polar surface area (TPSA) is 105 Å². The number of rotatable bonds is 3. The molecule has 2 atom stereocenters. The molecule has 112 valence electrons. The summed E-state index contributed by atoms with van der Waals surface area (Å²) in [6.07, 6.45) is 2.46. The molecular weight excluding hydrogens is 270 g/mol. The molecule has 1 fully saturated rings. The Bertz CT molecular complexity index is 745. The van der Waals surface area contributed by atoms with Crippen molar-refractivity contribution in [2.24, 2.45) is 17.1 Å². The number of hydrogen-bond donors (Lipinski definition) is 3. The summed E-state index contributed by atoms with van der Waals surface area (Å²) >= 11 is 0. The summed E-state index contributed by atoms with van der Waals surface area (Å²) in [5, 5.41) is 9.27. The van der Waals surface area contributed by atoms with Gasteiger partial charge < -0.3 is 11.1 Å². The third-order valence-corrected chi connectivity index (χ3v) is 4.75. The van der Waals surface area contributed by atoms with Crippen LogP contribution in [-0.2, 0) is 0 Å². The van der Waals surface area contributed by atoms with Crippen molar-refractivity contribution in [2.75, 3.05) is 6.54 Å². The first-order chi connectivity index (χ1) is 9.95. The lowest BCUT2D eigenvalue weighted by atomic mass is 9.58. The van der Waals surface area contributed by atoms with Crippen molar-refractivity contribution in [3.63, 3.8) is 0 Å². The van der Waals surface area contributed by atoms with Gasteiger partial charge in [0, 0.05) is 12.2 Å². The Labute approximate surface area is 121 Å². The highest BCUT2D eigenvalue weighted by molar-refractivity contribution is 5.99. The fourth-order valence-electron chi connectivity index (χ4n) is 3.01. The third kappa shape index (κ3) is 2.04. The second-order valence-corrected chi connectivity index (χ2v) is 6.16. The Kier molecular flexibility index (Phi) is 3.09. The number of hydrogen-bond acceptors (Lipinski definition) is 4. The summed E-state index contributed by atoms with van der Waals surface area (Å²) in [7, 11) is 0. The Morgan fingerprint density at radius 1 is 1.62 bits per heavy atom. The highest BCUT2D eigenvalue weighted by Gasteiger charge is 2.47. The predicted molar refractivity (Wildman–Crippen MR) is 78.0 cm³/mol. The van der Waals surface area contributed by atoms with Crippen LogP contribution < -0.4 is 16.7 Å². The molecule has 1 aliphatic rings. The lowest BCUT2D eigenvalue weighted by molar-refractivity contribution is 0.0200. The van der Waals surface area contributed by atoms with Crippen LogP contribution in [0.5, 0.6) is 0 Å². The number of carbonyl (C=O) groups excluding carboxylic acids is 1. The van der Waals surface area contributed by atoms with Crippen molar-refractivity contribution in [1.29, 1.82) is 0 Å². The Morgan fingerprint density at radius 2 is 2.38 bits per heavy atom. The van der Waals surface area contributed by atoms with Crippen LogP contribution in [-0.4, -0.2) is 33.1 Å². The molecule has 2 aromatic rings. The molecule has 21 heavy (non-hydrogen) atoms. The van der Waals surface area contributed by atoms with E-state index in [0.29, 0.717) is 23.7 Å². The van der Waals surface area contributed by atoms with E-state index in [1.165, 1.54) is 4.40 Å². The quantitative estimate of drug-likeness (QED) is 0.746. The predicted octanol–water partition coefficient (Wildman–Crippen LogP) is 0.126. The van der Waals surface area contributed by atoms with Gasteiger partial charge in [0.15, 0.2) is 5.65 Å². The SMILES string of the molecule is CC1(C)C(CN)CC1NC(=O)c1cccn2c(=O)[nH]nc12. The zero-order valence-corrected chi connectivity index (χ0v) is 12.1. The van der Waals surface area contributed by atoms with Crippen molar-refractivity contribution in [1.82, 2.24) is 19.9 Å². The number of H-pyrrole nitrogens is 1. The molecular formula is C14H19N5O2. The maximum Gasteiger partial charge on any atom is 0.347 e. The minimum atomic E-state index is -0.355. The van der Waals surface area contributed by atoms with Crippen LogP contribution in [0.1, 0.15) is 30.6 Å². The molecule has 0 bridgehead atoms. The molecule has 3 rings (SSSR count). The largest absolute Gasteiger partial charge is 0.349 e. The fraction of sp³-hybridized carbons (Fsp3) is 0.500. The van der Waals surface area contributed by atoms with E-state index in [-0.39, 0.29) is 23.1 Å². The van der Waals surface area contributed by atoms with Crippen LogP contribution in [0.2, 0.25) is 0 Å². The van der Waals surface area contributed by atoms with Crippen LogP contribution in [0.3, 0.4) is 0 Å². The molecule has 2 aromatic heterocycles. The van der Waals surface area contributed by atoms with Crippen molar-refractivity contribution in [3.8, 4) is 0 Å². The molecule has 0 saturated heterocycles. The van der Waals surface area contributed by atoms with Crippen molar-refractivity contribution < 1.29 is 4.79 Å². The van der Waals surface area contributed by atoms with Gasteiger partial charge in [-0.15, -0.1) is 0 Å². The Morgan fingerprint density at radius 3 is 3.05 bits per heavy atom. The number of nitrogens with two attached hydrogens (primary N) is 1. The summed E-state index contributed by atoms with van der Waals surface area (Å²) < 4.78 is 1.32. The summed E-state index contributed by atoms with van der Waals surface area (Å²) in [5.41, 5.74) is 6.09. The van der Waals surface area contributed by atoms with Crippen LogP contribution in [0.25, 0.3) is 5.65 Å². The molecule has 1 amide bonds. The third-order valence-electron chi connectivity index (χ3n) is 4.75. The second kappa shape index (κ2) is 4.70. The Hall–Kier alpha value is -2.15. The normalized spacial score (nSPS) is 23.8. The smallest absolute Gasteiger partial charge is 0.347 e. The molecule has 1 saturated carbocycles. The first-order valence-corrected chi connectivity index (χ1v) is 7.02. The van der Waals surface area contributed by atoms with Crippen LogP contribution in [0.15, 0.2) is 23.1 Å². The second-order valence-electron chi connectivity index (χ2n) is 6.16. The number of pyridine rings is 1. The van der Waals surface area contributed by atoms with E-state index in [4.69, 9.17) is 5.73 Å². The van der Waals surface area contributed by atoms with Gasteiger partial charge in [-0.25, -0.2) is 14.3 Å². The molecule has 2 heterocycles. The fourth-order valence-corrected chi connectivity index (χ4v) is 3.01. The molecule has 7 heteroatoms. The van der Waals surface area contributed by atoms with E-state index < -0.39 is 0 Å². The highest BCUT2D eigenvalue weighted by atomic mass is 16.2. The van der Waals surface area contributed by atoms with E-state index in [1.807, 2.05) is 0 Å². The lowest BCUT2D eigenvalue weighted by Crippen LogP contribution is -2.60. The number of amides is 1. The number of fused-ring (bicyclic) bond motifs is 1. The van der Waals surface area contributed by atoms with Crippen LogP contribution in [0.4, 0.5) is 0 Å². The number of aromatic amines is 1. The molecule has 7 nitrogen and oxygen atoms in total. The van der Waals surface area contributed by atoms with Crippen molar-refractivity contribution >= 4 is 11.6 Å². The average Bonchev–Trinajstić information content (AvgIpc) is 2.84. The first kappa shape index (κ1) is 13.8. The van der Waals surface area contributed by atoms with Crippen LogP contribution in [0, 0.1) is 11.3 Å². The molecule has 4 N–H and O–H groups in total. The standard InChI is InChI=1S/C14H19N5O2/c1-14(2)8(7-15)6-10(14)16-12(20)9-4-3-5-19-11(9)17-18-13(19)21/h3-5,8,10H,6-7,15H2,1-2H3,(H,16,20)(H,18,21). The zero-order chi connectivity index (χ0) is 15.2. The number of nitrogens with zero attached hydrogens (tertiary/aromatic N) is 2. The Balaban J connectivity index is 1.84. The summed E-state index contributed by atoms with van der Waals surface area (Å²) in [6.45, 7) is 4.85. The van der Waals surface area contributed by atoms with E-state index in [2.05, 4.69) is 29.4 Å². The van der Waals surface area contributed by atoms with Gasteiger partial charge in [0.1, 0.15) is 0 Å². The number of nitrogens with one attached hydrogen (secondary N) is 2. The summed E-state index contributed by atoms with van der Waals surface area (Å²) in [6, 6.07) is 3.41. The minimum Gasteiger partial charge on any atom is -0.349 e. The van der Waals surface area contributed by atoms with Crippen molar-refractivity contribution in [3.05, 3.63) is 34.4 Å². The van der Waals surface area contributed by atoms with E-state index in [1.54, 1.807) is 18.3 Å². The van der Waals surface area contributed by atoms with Crippen molar-refractivity contribution in [2.45, 2.75) is 26.3 Å². The molecule has 0 aliphatic heterocycles. The average molecular weight is 289 g/mol. The number of carbonyl (C=O) groups is 1.